The summed E-state index contributed by atoms with van der Waals surface area (Å²) in [5.74, 6) is 0.860. The van der Waals surface area contributed by atoms with E-state index in [0.29, 0.717) is 19.3 Å². The molecule has 0 fully saturated rings. The molecule has 0 aromatic rings. The molecule has 0 bridgehead atoms. The highest BCUT2D eigenvalue weighted by molar-refractivity contribution is 5.71. The first-order chi connectivity index (χ1) is 26.8. The highest BCUT2D eigenvalue weighted by atomic mass is 16.6. The summed E-state index contributed by atoms with van der Waals surface area (Å²) >= 11 is 0. The molecule has 326 valence electrons. The van der Waals surface area contributed by atoms with Gasteiger partial charge in [-0.1, -0.05) is 227 Å². The minimum Gasteiger partial charge on any atom is -0.462 e. The average molecular weight is 779 g/mol. The Bertz CT molecular complexity index is 843. The van der Waals surface area contributed by atoms with E-state index >= 15 is 0 Å². The Morgan fingerprint density at radius 1 is 0.364 bits per heavy atom. The predicted octanol–water partition coefficient (Wildman–Crippen LogP) is 15.4. The molecule has 6 heteroatoms. The van der Waals surface area contributed by atoms with Crippen molar-refractivity contribution in [2.75, 3.05) is 13.2 Å². The van der Waals surface area contributed by atoms with Gasteiger partial charge in [-0.15, -0.1) is 0 Å². The Morgan fingerprint density at radius 2 is 0.636 bits per heavy atom. The van der Waals surface area contributed by atoms with Gasteiger partial charge >= 0.3 is 17.9 Å². The van der Waals surface area contributed by atoms with Gasteiger partial charge in [0, 0.05) is 19.3 Å². The third-order valence-electron chi connectivity index (χ3n) is 11.7. The Hall–Kier alpha value is -1.59. The number of rotatable bonds is 43. The number of ether oxygens (including phenoxy) is 3. The van der Waals surface area contributed by atoms with E-state index < -0.39 is 6.10 Å². The molecule has 0 saturated carbocycles. The van der Waals surface area contributed by atoms with Crippen LogP contribution in [0.5, 0.6) is 0 Å². The average Bonchev–Trinajstić information content (AvgIpc) is 3.18. The molecule has 0 aromatic carbocycles. The molecule has 0 amide bonds. The lowest BCUT2D eigenvalue weighted by molar-refractivity contribution is -0.167. The van der Waals surface area contributed by atoms with Crippen LogP contribution in [0, 0.1) is 11.8 Å². The van der Waals surface area contributed by atoms with Crippen molar-refractivity contribution in [1.29, 1.82) is 0 Å². The van der Waals surface area contributed by atoms with Crippen LogP contribution in [0.15, 0.2) is 0 Å². The zero-order valence-corrected chi connectivity index (χ0v) is 37.6. The second-order valence-electron chi connectivity index (χ2n) is 17.2. The molecule has 0 aliphatic carbocycles. The van der Waals surface area contributed by atoms with E-state index in [0.717, 1.165) is 69.6 Å². The number of hydrogen-bond donors (Lipinski definition) is 0. The van der Waals surface area contributed by atoms with Gasteiger partial charge in [-0.05, 0) is 31.1 Å². The SMILES string of the molecule is CCCCCCCCCCCCCC(=O)OC[C@@H](COC(=O)CCCCCCCCCCC(C)CC)OC(=O)CCCCCCCCCCCCC(C)CC. The molecule has 0 spiro atoms. The lowest BCUT2D eigenvalue weighted by Crippen LogP contribution is -2.30. The van der Waals surface area contributed by atoms with Gasteiger partial charge in [0.1, 0.15) is 13.2 Å². The van der Waals surface area contributed by atoms with Gasteiger partial charge in [0.25, 0.3) is 0 Å². The molecule has 0 rings (SSSR count). The zero-order chi connectivity index (χ0) is 40.5. The van der Waals surface area contributed by atoms with Crippen molar-refractivity contribution in [3.63, 3.8) is 0 Å². The van der Waals surface area contributed by atoms with Gasteiger partial charge in [-0.25, -0.2) is 0 Å². The van der Waals surface area contributed by atoms with Crippen LogP contribution in [-0.2, 0) is 28.6 Å². The molecule has 6 nitrogen and oxygen atoms in total. The second-order valence-corrected chi connectivity index (χ2v) is 17.2. The number of unbranched alkanes of at least 4 members (excludes halogenated alkanes) is 26. The second kappa shape index (κ2) is 42.0. The Kier molecular flexibility index (Phi) is 40.8. The number of hydrogen-bond acceptors (Lipinski definition) is 6. The molecular weight excluding hydrogens is 685 g/mol. The first kappa shape index (κ1) is 53.4. The summed E-state index contributed by atoms with van der Waals surface area (Å²) < 4.78 is 16.8. The summed E-state index contributed by atoms with van der Waals surface area (Å²) in [7, 11) is 0. The van der Waals surface area contributed by atoms with E-state index in [1.807, 2.05) is 0 Å². The van der Waals surface area contributed by atoms with Crippen LogP contribution in [0.2, 0.25) is 0 Å². The minimum atomic E-state index is -0.761. The van der Waals surface area contributed by atoms with E-state index in [1.54, 1.807) is 0 Å². The Balaban J connectivity index is 4.35. The van der Waals surface area contributed by atoms with Gasteiger partial charge in [0.15, 0.2) is 6.10 Å². The lowest BCUT2D eigenvalue weighted by atomic mass is 9.99. The monoisotopic (exact) mass is 779 g/mol. The van der Waals surface area contributed by atoms with Crippen molar-refractivity contribution in [1.82, 2.24) is 0 Å². The molecule has 0 aromatic heterocycles. The molecule has 0 saturated heterocycles. The normalized spacial score (nSPS) is 13.0. The van der Waals surface area contributed by atoms with E-state index in [-0.39, 0.29) is 31.1 Å². The summed E-state index contributed by atoms with van der Waals surface area (Å²) in [6, 6.07) is 0. The molecule has 0 N–H and O–H groups in total. The molecule has 3 atom stereocenters. The molecule has 0 heterocycles. The van der Waals surface area contributed by atoms with E-state index in [9.17, 15) is 14.4 Å². The number of carbonyl (C=O) groups is 3. The third-order valence-corrected chi connectivity index (χ3v) is 11.7. The van der Waals surface area contributed by atoms with Crippen molar-refractivity contribution in [2.24, 2.45) is 11.8 Å². The first-order valence-electron chi connectivity index (χ1n) is 24.3. The fraction of sp³-hybridized carbons (Fsp3) is 0.939. The maximum absolute atomic E-state index is 12.7. The summed E-state index contributed by atoms with van der Waals surface area (Å²) in [4.78, 5) is 37.8. The zero-order valence-electron chi connectivity index (χ0n) is 37.6. The minimum absolute atomic E-state index is 0.0646. The standard InChI is InChI=1S/C49H94O6/c1-6-9-10-11-12-13-14-18-24-29-34-39-47(50)53-42-46(43-54-48(51)40-35-30-25-21-20-23-28-33-38-45(5)8-3)55-49(52)41-36-31-26-19-16-15-17-22-27-32-37-44(4)7-2/h44-46H,6-43H2,1-5H3/t44?,45?,46-/m0/s1. The molecule has 2 unspecified atom stereocenters. The molecular formula is C49H94O6. The van der Waals surface area contributed by atoms with Gasteiger partial charge in [0.2, 0.25) is 0 Å². The van der Waals surface area contributed by atoms with E-state index in [2.05, 4.69) is 34.6 Å². The quantitative estimate of drug-likeness (QED) is 0.0348. The maximum atomic E-state index is 12.7. The molecule has 0 radical (unpaired) electrons. The van der Waals surface area contributed by atoms with Crippen LogP contribution in [0.1, 0.15) is 266 Å². The molecule has 55 heavy (non-hydrogen) atoms. The van der Waals surface area contributed by atoms with Crippen LogP contribution in [-0.4, -0.2) is 37.2 Å². The van der Waals surface area contributed by atoms with Crippen LogP contribution in [0.25, 0.3) is 0 Å². The molecule has 0 aliphatic rings. The lowest BCUT2D eigenvalue weighted by Gasteiger charge is -2.18. The van der Waals surface area contributed by atoms with Crippen molar-refractivity contribution in [3.8, 4) is 0 Å². The third kappa shape index (κ3) is 40.4. The van der Waals surface area contributed by atoms with Crippen molar-refractivity contribution < 1.29 is 28.6 Å². The van der Waals surface area contributed by atoms with E-state index in [4.69, 9.17) is 14.2 Å². The highest BCUT2D eigenvalue weighted by Gasteiger charge is 2.19. The topological polar surface area (TPSA) is 78.9 Å². The summed E-state index contributed by atoms with van der Waals surface area (Å²) in [5, 5.41) is 0. The van der Waals surface area contributed by atoms with Crippen molar-refractivity contribution in [3.05, 3.63) is 0 Å². The summed E-state index contributed by atoms with van der Waals surface area (Å²) in [6.45, 7) is 11.4. The molecule has 0 aliphatic heterocycles. The number of carbonyl (C=O) groups excluding carboxylic acids is 3. The summed E-state index contributed by atoms with van der Waals surface area (Å²) in [5.41, 5.74) is 0. The maximum Gasteiger partial charge on any atom is 0.306 e. The van der Waals surface area contributed by atoms with Crippen LogP contribution >= 0.6 is 0 Å². The van der Waals surface area contributed by atoms with Crippen LogP contribution in [0.3, 0.4) is 0 Å². The van der Waals surface area contributed by atoms with Crippen molar-refractivity contribution in [2.45, 2.75) is 272 Å². The van der Waals surface area contributed by atoms with Gasteiger partial charge in [-0.2, -0.15) is 0 Å². The Labute approximate surface area is 342 Å². The van der Waals surface area contributed by atoms with Crippen molar-refractivity contribution >= 4 is 17.9 Å². The predicted molar refractivity (Wildman–Crippen MR) is 233 cm³/mol. The van der Waals surface area contributed by atoms with E-state index in [1.165, 1.54) is 154 Å². The van der Waals surface area contributed by atoms with Crippen LogP contribution in [0.4, 0.5) is 0 Å². The fourth-order valence-electron chi connectivity index (χ4n) is 7.22. The van der Waals surface area contributed by atoms with Gasteiger partial charge < -0.3 is 14.2 Å². The highest BCUT2D eigenvalue weighted by Crippen LogP contribution is 2.18. The fourth-order valence-corrected chi connectivity index (χ4v) is 7.22. The van der Waals surface area contributed by atoms with Gasteiger partial charge in [-0.3, -0.25) is 14.4 Å². The first-order valence-corrected chi connectivity index (χ1v) is 24.3. The van der Waals surface area contributed by atoms with Crippen LogP contribution < -0.4 is 0 Å². The Morgan fingerprint density at radius 3 is 0.945 bits per heavy atom. The smallest absolute Gasteiger partial charge is 0.306 e. The number of esters is 3. The van der Waals surface area contributed by atoms with Gasteiger partial charge in [0.05, 0.1) is 0 Å². The summed E-state index contributed by atoms with van der Waals surface area (Å²) in [6.07, 6.45) is 40.7. The largest absolute Gasteiger partial charge is 0.462 e.